The summed E-state index contributed by atoms with van der Waals surface area (Å²) in [6.07, 6.45) is 4.54. The number of carbonyl (C=O) groups is 3. The van der Waals surface area contributed by atoms with Gasteiger partial charge in [-0.3, -0.25) is 14.4 Å². The molecule has 0 spiro atoms. The summed E-state index contributed by atoms with van der Waals surface area (Å²) in [6, 6.07) is 14.6. The van der Waals surface area contributed by atoms with Crippen molar-refractivity contribution in [1.82, 2.24) is 15.1 Å². The number of nitrogens with zero attached hydrogens (tertiary/aromatic N) is 2. The van der Waals surface area contributed by atoms with Gasteiger partial charge in [-0.1, -0.05) is 35.9 Å². The fourth-order valence-corrected chi connectivity index (χ4v) is 5.14. The van der Waals surface area contributed by atoms with E-state index in [4.69, 9.17) is 0 Å². The fourth-order valence-electron chi connectivity index (χ4n) is 5.14. The molecule has 6 heteroatoms. The highest BCUT2D eigenvalue weighted by Crippen LogP contribution is 2.25. The highest BCUT2D eigenvalue weighted by molar-refractivity contribution is 5.99. The summed E-state index contributed by atoms with van der Waals surface area (Å²) >= 11 is 0. The Hall–Kier alpha value is -3.15. The Morgan fingerprint density at radius 2 is 1.56 bits per heavy atom. The molecule has 0 bridgehead atoms. The first-order chi connectivity index (χ1) is 16.4. The lowest BCUT2D eigenvalue weighted by Crippen LogP contribution is -2.55. The van der Waals surface area contributed by atoms with Crippen molar-refractivity contribution in [3.8, 4) is 0 Å². The lowest BCUT2D eigenvalue weighted by Gasteiger charge is -2.38. The molecule has 0 radical (unpaired) electrons. The second-order valence-electron chi connectivity index (χ2n) is 9.65. The molecule has 3 amide bonds. The predicted octanol–water partition coefficient (Wildman–Crippen LogP) is 3.97. The Bertz CT molecular complexity index is 1040. The summed E-state index contributed by atoms with van der Waals surface area (Å²) in [5.41, 5.74) is 3.26. The van der Waals surface area contributed by atoms with E-state index in [1.807, 2.05) is 66.1 Å². The first kappa shape index (κ1) is 24.0. The van der Waals surface area contributed by atoms with E-state index in [0.29, 0.717) is 37.1 Å². The molecule has 0 aromatic heterocycles. The summed E-state index contributed by atoms with van der Waals surface area (Å²) in [5, 5.41) is 3.09. The molecule has 1 N–H and O–H groups in total. The van der Waals surface area contributed by atoms with E-state index in [0.717, 1.165) is 43.5 Å². The monoisotopic (exact) mass is 461 g/mol. The van der Waals surface area contributed by atoms with Crippen LogP contribution in [0, 0.1) is 19.8 Å². The second-order valence-corrected chi connectivity index (χ2v) is 9.65. The molecule has 0 unspecified atom stereocenters. The van der Waals surface area contributed by atoms with Crippen molar-refractivity contribution in [2.45, 2.75) is 52.0 Å². The molecule has 2 fully saturated rings. The fraction of sp³-hybridized carbons (Fsp3) is 0.464. The number of benzene rings is 2. The van der Waals surface area contributed by atoms with Crippen LogP contribution < -0.4 is 5.32 Å². The maximum absolute atomic E-state index is 13.6. The first-order valence-corrected chi connectivity index (χ1v) is 12.5. The highest BCUT2D eigenvalue weighted by Gasteiger charge is 2.36. The Morgan fingerprint density at radius 1 is 0.853 bits per heavy atom. The zero-order valence-electron chi connectivity index (χ0n) is 20.3. The van der Waals surface area contributed by atoms with E-state index in [1.54, 1.807) is 6.07 Å². The van der Waals surface area contributed by atoms with Crippen molar-refractivity contribution < 1.29 is 14.4 Å². The summed E-state index contributed by atoms with van der Waals surface area (Å²) in [4.78, 5) is 43.5. The van der Waals surface area contributed by atoms with E-state index in [2.05, 4.69) is 5.32 Å². The summed E-state index contributed by atoms with van der Waals surface area (Å²) in [7, 11) is 0. The van der Waals surface area contributed by atoms with Gasteiger partial charge in [-0.25, -0.2) is 0 Å². The predicted molar refractivity (Wildman–Crippen MR) is 133 cm³/mol. The van der Waals surface area contributed by atoms with Gasteiger partial charge in [0.1, 0.15) is 6.04 Å². The third-order valence-electron chi connectivity index (χ3n) is 7.17. The van der Waals surface area contributed by atoms with Gasteiger partial charge in [0.2, 0.25) is 5.91 Å². The van der Waals surface area contributed by atoms with Gasteiger partial charge in [-0.15, -0.1) is 0 Å². The number of hydrogen-bond donors (Lipinski definition) is 1. The number of amides is 3. The molecule has 0 aliphatic carbocycles. The number of rotatable bonds is 5. The second kappa shape index (κ2) is 10.9. The maximum Gasteiger partial charge on any atom is 0.253 e. The zero-order chi connectivity index (χ0) is 24.1. The minimum atomic E-state index is -0.568. The van der Waals surface area contributed by atoms with Gasteiger partial charge < -0.3 is 15.1 Å². The van der Waals surface area contributed by atoms with Crippen LogP contribution in [0.4, 0.5) is 0 Å². The lowest BCUT2D eigenvalue weighted by molar-refractivity contribution is -0.136. The molecule has 180 valence electrons. The molecule has 2 aromatic rings. The molecule has 4 rings (SSSR count). The van der Waals surface area contributed by atoms with Crippen molar-refractivity contribution in [1.29, 1.82) is 0 Å². The molecule has 34 heavy (non-hydrogen) atoms. The van der Waals surface area contributed by atoms with Crippen LogP contribution in [0.5, 0.6) is 0 Å². The molecule has 2 heterocycles. The van der Waals surface area contributed by atoms with Crippen LogP contribution in [0.15, 0.2) is 48.5 Å². The quantitative estimate of drug-likeness (QED) is 0.733. The SMILES string of the molecule is Cc1cccc(C(=O)N2CCC([C@H](NC(=O)c3ccccc3C)C(=O)N3CCCCC3)CC2)c1. The molecule has 0 saturated carbocycles. The van der Waals surface area contributed by atoms with Gasteiger partial charge >= 0.3 is 0 Å². The van der Waals surface area contributed by atoms with Crippen molar-refractivity contribution in [3.63, 3.8) is 0 Å². The smallest absolute Gasteiger partial charge is 0.253 e. The van der Waals surface area contributed by atoms with Gasteiger partial charge in [-0.2, -0.15) is 0 Å². The van der Waals surface area contributed by atoms with Gasteiger partial charge in [0, 0.05) is 37.3 Å². The van der Waals surface area contributed by atoms with Crippen LogP contribution in [-0.2, 0) is 4.79 Å². The lowest BCUT2D eigenvalue weighted by atomic mass is 9.87. The minimum absolute atomic E-state index is 0.00366. The Morgan fingerprint density at radius 3 is 2.24 bits per heavy atom. The number of hydrogen-bond acceptors (Lipinski definition) is 3. The molecule has 2 saturated heterocycles. The number of nitrogens with one attached hydrogen (secondary N) is 1. The van der Waals surface area contributed by atoms with Crippen molar-refractivity contribution in [3.05, 3.63) is 70.8 Å². The van der Waals surface area contributed by atoms with E-state index < -0.39 is 6.04 Å². The third kappa shape index (κ3) is 5.49. The Balaban J connectivity index is 1.47. The molecule has 1 atom stereocenters. The van der Waals surface area contributed by atoms with Crippen molar-refractivity contribution >= 4 is 17.7 Å². The molecule has 2 aromatic carbocycles. The minimum Gasteiger partial charge on any atom is -0.341 e. The Kier molecular flexibility index (Phi) is 7.66. The van der Waals surface area contributed by atoms with Crippen LogP contribution in [-0.4, -0.2) is 59.7 Å². The molecular formula is C28H35N3O3. The highest BCUT2D eigenvalue weighted by atomic mass is 16.2. The van der Waals surface area contributed by atoms with Gasteiger partial charge in [0.15, 0.2) is 0 Å². The molecule has 2 aliphatic rings. The van der Waals surface area contributed by atoms with Crippen LogP contribution in [0.3, 0.4) is 0 Å². The van der Waals surface area contributed by atoms with Gasteiger partial charge in [0.25, 0.3) is 11.8 Å². The van der Waals surface area contributed by atoms with Gasteiger partial charge in [0.05, 0.1) is 0 Å². The average molecular weight is 462 g/mol. The van der Waals surface area contributed by atoms with Crippen LogP contribution in [0.25, 0.3) is 0 Å². The van der Waals surface area contributed by atoms with Crippen molar-refractivity contribution in [2.24, 2.45) is 5.92 Å². The average Bonchev–Trinajstić information content (AvgIpc) is 2.87. The molecule has 2 aliphatic heterocycles. The normalized spacial score (nSPS) is 17.8. The number of likely N-dealkylation sites (tertiary alicyclic amines) is 2. The molecule has 6 nitrogen and oxygen atoms in total. The van der Waals surface area contributed by atoms with Crippen LogP contribution in [0.1, 0.15) is 63.9 Å². The summed E-state index contributed by atoms with van der Waals surface area (Å²) in [5.74, 6) is -0.147. The Labute approximate surface area is 202 Å². The molecular weight excluding hydrogens is 426 g/mol. The van der Waals surface area contributed by atoms with Crippen molar-refractivity contribution in [2.75, 3.05) is 26.2 Å². The number of piperidine rings is 2. The van der Waals surface area contributed by atoms with E-state index in [1.165, 1.54) is 0 Å². The van der Waals surface area contributed by atoms with E-state index >= 15 is 0 Å². The largest absolute Gasteiger partial charge is 0.341 e. The number of carbonyl (C=O) groups excluding carboxylic acids is 3. The number of aryl methyl sites for hydroxylation is 2. The van der Waals surface area contributed by atoms with Gasteiger partial charge in [-0.05, 0) is 75.6 Å². The third-order valence-corrected chi connectivity index (χ3v) is 7.17. The topological polar surface area (TPSA) is 69.7 Å². The summed E-state index contributed by atoms with van der Waals surface area (Å²) in [6.45, 7) is 6.56. The van der Waals surface area contributed by atoms with E-state index in [9.17, 15) is 14.4 Å². The standard InChI is InChI=1S/C28H35N3O3/c1-20-9-8-11-23(19-20)27(33)31-17-13-22(14-18-31)25(28(34)30-15-6-3-7-16-30)29-26(32)24-12-5-4-10-21(24)2/h4-5,8-12,19,22,25H,3,6-7,13-18H2,1-2H3,(H,29,32)/t25-/m0/s1. The first-order valence-electron chi connectivity index (χ1n) is 12.5. The van der Waals surface area contributed by atoms with E-state index in [-0.39, 0.29) is 23.6 Å². The van der Waals surface area contributed by atoms with Crippen LogP contribution >= 0.6 is 0 Å². The maximum atomic E-state index is 13.6. The zero-order valence-corrected chi connectivity index (χ0v) is 20.3. The summed E-state index contributed by atoms with van der Waals surface area (Å²) < 4.78 is 0. The van der Waals surface area contributed by atoms with Crippen LogP contribution in [0.2, 0.25) is 0 Å².